The molecular weight excluding hydrogens is 478 g/mol. The molecule has 170 valence electrons. The molecule has 4 rings (SSSR count). The van der Waals surface area contributed by atoms with Crippen molar-refractivity contribution in [2.24, 2.45) is 0 Å². The number of likely N-dealkylation sites (tertiary alicyclic amines) is 1. The van der Waals surface area contributed by atoms with Gasteiger partial charge in [-0.2, -0.15) is 0 Å². The first-order valence-corrected chi connectivity index (χ1v) is 12.6. The minimum Gasteiger partial charge on any atom is -0.369 e. The summed E-state index contributed by atoms with van der Waals surface area (Å²) >= 11 is 7.34. The van der Waals surface area contributed by atoms with Gasteiger partial charge in [-0.1, -0.05) is 41.9 Å². The van der Waals surface area contributed by atoms with Gasteiger partial charge >= 0.3 is 0 Å². The van der Waals surface area contributed by atoms with Gasteiger partial charge in [-0.15, -0.1) is 11.3 Å². The number of halogens is 3. The molecule has 1 N–H and O–H groups in total. The Morgan fingerprint density at radius 3 is 2.75 bits per heavy atom. The van der Waals surface area contributed by atoms with Gasteiger partial charge in [0.05, 0.1) is 11.2 Å². The van der Waals surface area contributed by atoms with Crippen molar-refractivity contribution in [3.05, 3.63) is 69.5 Å². The van der Waals surface area contributed by atoms with E-state index in [1.54, 1.807) is 11.9 Å². The first-order chi connectivity index (χ1) is 15.3. The van der Waals surface area contributed by atoms with Gasteiger partial charge in [0.2, 0.25) is 0 Å². The van der Waals surface area contributed by atoms with Crippen LogP contribution in [0, 0.1) is 11.6 Å². The van der Waals surface area contributed by atoms with E-state index < -0.39 is 31.6 Å². The number of nitrogens with zero attached hydrogens (tertiary/aromatic N) is 3. The molecule has 0 saturated carbocycles. The van der Waals surface area contributed by atoms with Crippen LogP contribution in [0.1, 0.15) is 12.0 Å². The second kappa shape index (κ2) is 9.30. The van der Waals surface area contributed by atoms with E-state index >= 15 is 4.39 Å². The summed E-state index contributed by atoms with van der Waals surface area (Å²) in [6.45, 7) is 2.30. The lowest BCUT2D eigenvalue weighted by molar-refractivity contribution is 0.326. The number of anilines is 2. The SMILES string of the molecule is CN(c1cc(F)c(S(=O)(=O)Nc2cscn2)c(F)c1Cl)[C@H]1CCN(Cc2ccccc2)C1. The van der Waals surface area contributed by atoms with Crippen molar-refractivity contribution < 1.29 is 17.2 Å². The maximum absolute atomic E-state index is 15.0. The van der Waals surface area contributed by atoms with Gasteiger partial charge < -0.3 is 4.90 Å². The third-order valence-electron chi connectivity index (χ3n) is 5.46. The van der Waals surface area contributed by atoms with E-state index in [0.717, 1.165) is 36.9 Å². The second-order valence-electron chi connectivity index (χ2n) is 7.59. The third-order valence-corrected chi connectivity index (χ3v) is 7.80. The molecule has 0 bridgehead atoms. The molecule has 32 heavy (non-hydrogen) atoms. The second-order valence-corrected chi connectivity index (χ2v) is 10.3. The van der Waals surface area contributed by atoms with Crippen LogP contribution < -0.4 is 9.62 Å². The van der Waals surface area contributed by atoms with Gasteiger partial charge in [-0.3, -0.25) is 9.62 Å². The van der Waals surface area contributed by atoms with E-state index in [1.807, 2.05) is 18.2 Å². The summed E-state index contributed by atoms with van der Waals surface area (Å²) in [5.41, 5.74) is 2.70. The average Bonchev–Trinajstić information content (AvgIpc) is 3.42. The first kappa shape index (κ1) is 22.9. The van der Waals surface area contributed by atoms with Crippen molar-refractivity contribution in [3.63, 3.8) is 0 Å². The lowest BCUT2D eigenvalue weighted by atomic mass is 10.2. The molecule has 0 radical (unpaired) electrons. The number of nitrogens with one attached hydrogen (secondary N) is 1. The van der Waals surface area contributed by atoms with Crippen LogP contribution in [0.25, 0.3) is 0 Å². The Bertz CT molecular complexity index is 1190. The van der Waals surface area contributed by atoms with Gasteiger partial charge in [-0.25, -0.2) is 22.2 Å². The zero-order valence-electron chi connectivity index (χ0n) is 17.1. The molecule has 1 saturated heterocycles. The molecule has 0 aliphatic carbocycles. The van der Waals surface area contributed by atoms with E-state index in [4.69, 9.17) is 11.6 Å². The predicted molar refractivity (Wildman–Crippen MR) is 123 cm³/mol. The van der Waals surface area contributed by atoms with Crippen LogP contribution in [0.15, 0.2) is 52.2 Å². The Labute approximate surface area is 194 Å². The highest BCUT2D eigenvalue weighted by Crippen LogP contribution is 2.36. The Hall–Kier alpha value is -2.27. The summed E-state index contributed by atoms with van der Waals surface area (Å²) in [5.74, 6) is -2.55. The normalized spacial score (nSPS) is 16.9. The zero-order valence-corrected chi connectivity index (χ0v) is 19.5. The van der Waals surface area contributed by atoms with Gasteiger partial charge in [0, 0.05) is 44.2 Å². The molecule has 0 unspecified atom stereocenters. The van der Waals surface area contributed by atoms with E-state index in [1.165, 1.54) is 16.5 Å². The largest absolute Gasteiger partial charge is 0.369 e. The highest BCUT2D eigenvalue weighted by atomic mass is 35.5. The third kappa shape index (κ3) is 4.73. The molecule has 1 atom stereocenters. The molecule has 2 heterocycles. The number of thiazole rings is 1. The standard InChI is InChI=1S/C21H21ClF2N4O2S2/c1-27(15-7-8-28(11-15)10-14-5-3-2-4-6-14)17-9-16(23)21(20(24)19(17)22)32(29,30)26-18-12-31-13-25-18/h2-6,9,12-13,15,26H,7-8,10-11H2,1H3/t15-/m0/s1. The fraction of sp³-hybridized carbons (Fsp3) is 0.286. The van der Waals surface area contributed by atoms with Crippen molar-refractivity contribution in [2.75, 3.05) is 29.8 Å². The first-order valence-electron chi connectivity index (χ1n) is 9.84. The topological polar surface area (TPSA) is 65.5 Å². The van der Waals surface area contributed by atoms with Crippen LogP contribution in [0.5, 0.6) is 0 Å². The Kier molecular flexibility index (Phi) is 6.66. The lowest BCUT2D eigenvalue weighted by Gasteiger charge is -2.28. The molecule has 0 amide bonds. The summed E-state index contributed by atoms with van der Waals surface area (Å²) in [5, 5.41) is 0.979. The number of aromatic nitrogens is 1. The van der Waals surface area contributed by atoms with E-state index in [0.29, 0.717) is 6.54 Å². The van der Waals surface area contributed by atoms with Crippen LogP contribution in [-0.4, -0.2) is 44.5 Å². The van der Waals surface area contributed by atoms with Crippen molar-refractivity contribution in [1.29, 1.82) is 0 Å². The molecular formula is C21H21ClF2N4O2S2. The molecule has 2 aromatic carbocycles. The zero-order chi connectivity index (χ0) is 22.9. The Balaban J connectivity index is 1.54. The predicted octanol–water partition coefficient (Wildman–Crippen LogP) is 4.59. The number of hydrogen-bond donors (Lipinski definition) is 1. The van der Waals surface area contributed by atoms with Gasteiger partial charge in [0.1, 0.15) is 10.8 Å². The number of hydrogen-bond acceptors (Lipinski definition) is 6. The summed E-state index contributed by atoms with van der Waals surface area (Å²) in [6, 6.07) is 11.0. The van der Waals surface area contributed by atoms with E-state index in [-0.39, 0.29) is 17.5 Å². The smallest absolute Gasteiger partial charge is 0.268 e. The van der Waals surface area contributed by atoms with Crippen LogP contribution in [-0.2, 0) is 16.6 Å². The summed E-state index contributed by atoms with van der Waals surface area (Å²) in [7, 11) is -2.83. The Morgan fingerprint density at radius 2 is 2.06 bits per heavy atom. The van der Waals surface area contributed by atoms with Crippen LogP contribution >= 0.6 is 22.9 Å². The molecule has 1 aliphatic heterocycles. The molecule has 1 fully saturated rings. The number of rotatable bonds is 7. The highest BCUT2D eigenvalue weighted by Gasteiger charge is 2.32. The van der Waals surface area contributed by atoms with Gasteiger partial charge in [0.25, 0.3) is 10.0 Å². The minimum atomic E-state index is -4.54. The van der Waals surface area contributed by atoms with Crippen molar-refractivity contribution in [1.82, 2.24) is 9.88 Å². The number of sulfonamides is 1. The summed E-state index contributed by atoms with van der Waals surface area (Å²) in [4.78, 5) is 6.63. The summed E-state index contributed by atoms with van der Waals surface area (Å²) < 4.78 is 57.0. The molecule has 0 spiro atoms. The molecule has 3 aromatic rings. The average molecular weight is 499 g/mol. The van der Waals surface area contributed by atoms with E-state index in [2.05, 4.69) is 26.7 Å². The van der Waals surface area contributed by atoms with Crippen molar-refractivity contribution in [3.8, 4) is 0 Å². The van der Waals surface area contributed by atoms with Crippen LogP contribution in [0.3, 0.4) is 0 Å². The molecule has 6 nitrogen and oxygen atoms in total. The lowest BCUT2D eigenvalue weighted by Crippen LogP contribution is -2.35. The number of likely N-dealkylation sites (N-methyl/N-ethyl adjacent to an activating group) is 1. The Morgan fingerprint density at radius 1 is 1.31 bits per heavy atom. The van der Waals surface area contributed by atoms with Crippen molar-refractivity contribution >= 4 is 44.5 Å². The maximum atomic E-state index is 15.0. The van der Waals surface area contributed by atoms with Gasteiger partial charge in [-0.05, 0) is 12.0 Å². The monoisotopic (exact) mass is 498 g/mol. The van der Waals surface area contributed by atoms with Crippen LogP contribution in [0.4, 0.5) is 20.3 Å². The van der Waals surface area contributed by atoms with Gasteiger partial charge in [0.15, 0.2) is 16.5 Å². The fourth-order valence-electron chi connectivity index (χ4n) is 3.83. The highest BCUT2D eigenvalue weighted by molar-refractivity contribution is 7.92. The molecule has 1 aliphatic rings. The fourth-order valence-corrected chi connectivity index (χ4v) is 5.87. The van der Waals surface area contributed by atoms with Crippen molar-refractivity contribution in [2.45, 2.75) is 23.9 Å². The van der Waals surface area contributed by atoms with E-state index in [9.17, 15) is 12.8 Å². The molecule has 1 aromatic heterocycles. The minimum absolute atomic E-state index is 0.0180. The maximum Gasteiger partial charge on any atom is 0.268 e. The number of benzene rings is 2. The molecule has 11 heteroatoms. The summed E-state index contributed by atoms with van der Waals surface area (Å²) in [6.07, 6.45) is 0.786. The quantitative estimate of drug-likeness (QED) is 0.483. The van der Waals surface area contributed by atoms with Crippen LogP contribution in [0.2, 0.25) is 5.02 Å².